The molecule has 0 aliphatic carbocycles. The molecule has 0 aromatic carbocycles. The molecule has 3 amide bonds. The largest absolute Gasteiger partial charge is 0.541 e. The summed E-state index contributed by atoms with van der Waals surface area (Å²) in [6, 6.07) is -0.592. The molecule has 2 radical (unpaired) electrons. The van der Waals surface area contributed by atoms with E-state index in [1.807, 2.05) is 6.92 Å². The zero-order chi connectivity index (χ0) is 28.3. The van der Waals surface area contributed by atoms with Crippen LogP contribution in [0.5, 0.6) is 0 Å². The van der Waals surface area contributed by atoms with E-state index >= 15 is 0 Å². The van der Waals surface area contributed by atoms with Gasteiger partial charge in [-0.05, 0) is 13.3 Å². The Hall–Kier alpha value is -2.98. The summed E-state index contributed by atoms with van der Waals surface area (Å²) in [5.41, 5.74) is 0.200. The van der Waals surface area contributed by atoms with Crippen molar-refractivity contribution in [1.29, 1.82) is 0 Å². The van der Waals surface area contributed by atoms with Crippen LogP contribution >= 0.6 is 23.1 Å². The molecule has 0 saturated carbocycles. The second kappa shape index (κ2) is 12.0. The topological polar surface area (TPSA) is 165 Å². The van der Waals surface area contributed by atoms with Gasteiger partial charge in [-0.25, -0.2) is 15.6 Å². The second-order valence-corrected chi connectivity index (χ2v) is 11.9. The van der Waals surface area contributed by atoms with Gasteiger partial charge in [0.25, 0.3) is 0 Å². The highest BCUT2D eigenvalue weighted by Gasteiger charge is 2.66. The van der Waals surface area contributed by atoms with Crippen molar-refractivity contribution in [3.63, 3.8) is 0 Å². The van der Waals surface area contributed by atoms with Gasteiger partial charge in [-0.2, -0.15) is 0 Å². The molecule has 1 aromatic rings. The van der Waals surface area contributed by atoms with E-state index in [4.69, 9.17) is 18.7 Å². The number of oxime groups is 1. The fraction of sp³-hybridized carbons (Fsp3) is 0.609. The van der Waals surface area contributed by atoms with Crippen LogP contribution in [0.1, 0.15) is 49.7 Å². The molecule has 4 rings (SSSR count). The smallest absolute Gasteiger partial charge is 0.378 e. The Balaban J connectivity index is 1.48. The first kappa shape index (κ1) is 29.0. The summed E-state index contributed by atoms with van der Waals surface area (Å²) in [5.74, 6) is 3.03. The third kappa shape index (κ3) is 5.68. The minimum Gasteiger partial charge on any atom is -0.541 e. The molecule has 3 aliphatic rings. The summed E-state index contributed by atoms with van der Waals surface area (Å²) in [6.45, 7) is 3.73. The Morgan fingerprint density at radius 2 is 2.05 bits per heavy atom. The van der Waals surface area contributed by atoms with Crippen LogP contribution in [0.15, 0.2) is 10.5 Å². The zero-order valence-electron chi connectivity index (χ0n) is 21.7. The molecular weight excluding hydrogens is 547 g/mol. The highest BCUT2D eigenvalue weighted by Crippen LogP contribution is 2.53. The number of β-lactam (4-membered cyclic amide) rings is 1. The van der Waals surface area contributed by atoms with E-state index in [2.05, 4.69) is 14.8 Å². The number of nitrogens with zero attached hydrogens (tertiary/aromatic N) is 5. The first-order valence-electron chi connectivity index (χ1n) is 12.5. The number of hydrogen-bond donors (Lipinski definition) is 1. The predicted octanol–water partition coefficient (Wildman–Crippen LogP) is 0.746. The molecule has 39 heavy (non-hydrogen) atoms. The molecule has 3 atom stereocenters. The van der Waals surface area contributed by atoms with Gasteiger partial charge in [0.1, 0.15) is 5.69 Å². The van der Waals surface area contributed by atoms with Crippen molar-refractivity contribution < 1.29 is 33.5 Å². The number of thioether (sulfide) groups is 1. The molecule has 3 fully saturated rings. The van der Waals surface area contributed by atoms with E-state index in [1.165, 1.54) is 21.1 Å². The van der Waals surface area contributed by atoms with E-state index in [0.29, 0.717) is 11.4 Å². The highest BCUT2D eigenvalue weighted by molar-refractivity contribution is 8.02. The van der Waals surface area contributed by atoms with E-state index in [1.54, 1.807) is 12.3 Å². The zero-order valence-corrected chi connectivity index (χ0v) is 23.3. The number of carbonyl (C=O) groups is 5. The molecule has 2 N–H and O–H groups in total. The van der Waals surface area contributed by atoms with Crippen LogP contribution < -0.4 is 5.84 Å². The van der Waals surface area contributed by atoms with Crippen molar-refractivity contribution >= 4 is 66.3 Å². The van der Waals surface area contributed by atoms with E-state index in [0.717, 1.165) is 36.0 Å². The molecule has 3 aliphatic heterocycles. The van der Waals surface area contributed by atoms with Gasteiger partial charge >= 0.3 is 20.0 Å². The van der Waals surface area contributed by atoms with Gasteiger partial charge in [-0.15, -0.1) is 11.3 Å². The SMILES string of the molecule is [B]OC(=O)[C@@]1(N2CCN(N)C2=O)CN2C(=O)[C@@H](CC(=O)/C(=N\OCC(=O)CCCCC)c3csc(C)n3)[C@H]2S1. The lowest BCUT2D eigenvalue weighted by Gasteiger charge is -2.40. The standard InChI is InChI=1S/C23H29BN6O7S2/c1-3-4-5-6-14(31)10-36-27-18(16-11-38-13(2)26-16)17(32)9-15-19(33)28-12-23(21(34)37-24,39-20(15)28)29-7-8-30(25)22(29)35/h11,15,20H,3-10,12,25H2,1-2H3/b27-18-/t15-,20-,23-/m1/s1. The summed E-state index contributed by atoms with van der Waals surface area (Å²) < 4.78 is 4.51. The molecular formula is C23H29BN6O7S2. The van der Waals surface area contributed by atoms with Crippen LogP contribution in [0.3, 0.4) is 0 Å². The summed E-state index contributed by atoms with van der Waals surface area (Å²) in [4.78, 5) is 74.5. The lowest BCUT2D eigenvalue weighted by atomic mass is 9.90. The average molecular weight is 576 g/mol. The van der Waals surface area contributed by atoms with Gasteiger partial charge in [-0.3, -0.25) is 29.1 Å². The molecule has 3 saturated heterocycles. The second-order valence-electron chi connectivity index (χ2n) is 9.49. The highest BCUT2D eigenvalue weighted by atomic mass is 32.2. The Morgan fingerprint density at radius 3 is 2.67 bits per heavy atom. The van der Waals surface area contributed by atoms with Gasteiger partial charge in [0.15, 0.2) is 23.9 Å². The molecule has 0 unspecified atom stereocenters. The first-order chi connectivity index (χ1) is 18.6. The van der Waals surface area contributed by atoms with Crippen molar-refractivity contribution in [3.8, 4) is 0 Å². The third-order valence-corrected chi connectivity index (χ3v) is 9.33. The lowest BCUT2D eigenvalue weighted by molar-refractivity contribution is -0.153. The van der Waals surface area contributed by atoms with Gasteiger partial charge in [0.2, 0.25) is 10.8 Å². The van der Waals surface area contributed by atoms with Crippen LogP contribution in [0.2, 0.25) is 0 Å². The number of fused-ring (bicyclic) bond motifs is 1. The number of unbranched alkanes of at least 4 members (excludes halogenated alkanes) is 2. The quantitative estimate of drug-likeness (QED) is 0.0674. The minimum atomic E-state index is -1.58. The molecule has 0 bridgehead atoms. The fourth-order valence-electron chi connectivity index (χ4n) is 4.74. The number of aromatic nitrogens is 1. The maximum atomic E-state index is 13.4. The van der Waals surface area contributed by atoms with E-state index in [9.17, 15) is 24.0 Å². The van der Waals surface area contributed by atoms with Gasteiger partial charge in [0.05, 0.1) is 29.4 Å². The number of amides is 3. The number of urea groups is 1. The molecule has 4 heterocycles. The Kier molecular flexibility index (Phi) is 8.96. The maximum Gasteiger partial charge on any atom is 0.378 e. The Bertz CT molecular complexity index is 1200. The number of carbonyl (C=O) groups excluding carboxylic acids is 5. The van der Waals surface area contributed by atoms with Crippen LogP contribution in [0.4, 0.5) is 4.79 Å². The number of hydrazine groups is 1. The number of ketones is 2. The van der Waals surface area contributed by atoms with Gasteiger partial charge in [-0.1, -0.05) is 36.7 Å². The van der Waals surface area contributed by atoms with Crippen molar-refractivity contribution in [2.24, 2.45) is 16.9 Å². The van der Waals surface area contributed by atoms with E-state index in [-0.39, 0.29) is 55.8 Å². The minimum absolute atomic E-state index is 0.0870. The maximum absolute atomic E-state index is 13.4. The summed E-state index contributed by atoms with van der Waals surface area (Å²) in [7, 11) is 5.19. The number of thiazole rings is 1. The monoisotopic (exact) mass is 576 g/mol. The predicted molar refractivity (Wildman–Crippen MR) is 142 cm³/mol. The third-order valence-electron chi connectivity index (χ3n) is 6.83. The van der Waals surface area contributed by atoms with Gasteiger partial charge < -0.3 is 14.4 Å². The molecule has 1 aromatic heterocycles. The van der Waals surface area contributed by atoms with E-state index < -0.39 is 33.9 Å². The Morgan fingerprint density at radius 1 is 1.28 bits per heavy atom. The number of aryl methyl sites for hydroxylation is 1. The van der Waals surface area contributed by atoms with Crippen LogP contribution in [0.25, 0.3) is 0 Å². The van der Waals surface area contributed by atoms with Crippen molar-refractivity contribution in [2.45, 2.75) is 56.2 Å². The molecule has 0 spiro atoms. The van der Waals surface area contributed by atoms with Gasteiger partial charge in [0, 0.05) is 24.8 Å². The van der Waals surface area contributed by atoms with Crippen LogP contribution in [-0.4, -0.2) is 99.5 Å². The van der Waals surface area contributed by atoms with Crippen LogP contribution in [0, 0.1) is 12.8 Å². The number of Topliss-reactive ketones (excluding diaryl/α,β-unsaturated/α-hetero) is 2. The summed E-state index contributed by atoms with van der Waals surface area (Å²) in [5, 5.41) is 6.68. The van der Waals surface area contributed by atoms with Crippen molar-refractivity contribution in [2.75, 3.05) is 26.2 Å². The summed E-state index contributed by atoms with van der Waals surface area (Å²) >= 11 is 2.35. The number of nitrogens with two attached hydrogens (primary N) is 1. The average Bonchev–Trinajstić information content (AvgIpc) is 3.61. The fourth-order valence-corrected chi connectivity index (χ4v) is 7.07. The normalized spacial score (nSPS) is 24.6. The molecule has 13 nitrogen and oxygen atoms in total. The number of rotatable bonds is 13. The Labute approximate surface area is 234 Å². The molecule has 16 heteroatoms. The van der Waals surface area contributed by atoms with Crippen LogP contribution in [-0.2, 0) is 28.7 Å². The van der Waals surface area contributed by atoms with Crippen molar-refractivity contribution in [1.82, 2.24) is 19.8 Å². The molecule has 208 valence electrons. The number of hydrogen-bond acceptors (Lipinski definition) is 12. The summed E-state index contributed by atoms with van der Waals surface area (Å²) in [6.07, 6.45) is 2.80. The first-order valence-corrected chi connectivity index (χ1v) is 14.3. The van der Waals surface area contributed by atoms with Crippen molar-refractivity contribution in [3.05, 3.63) is 16.1 Å². The lowest BCUT2D eigenvalue weighted by Crippen LogP contribution is -2.60.